The highest BCUT2D eigenvalue weighted by Crippen LogP contribution is 2.07. The van der Waals surface area contributed by atoms with Crippen molar-refractivity contribution in [1.82, 2.24) is 15.1 Å². The molecule has 0 atom stereocenters. The van der Waals surface area contributed by atoms with E-state index in [-0.39, 0.29) is 6.03 Å². The van der Waals surface area contributed by atoms with Gasteiger partial charge < -0.3 is 10.1 Å². The number of carbonyl (C=O) groups is 1. The van der Waals surface area contributed by atoms with Crippen LogP contribution in [0.5, 0.6) is 5.88 Å². The molecule has 1 aromatic rings. The molecule has 0 bridgehead atoms. The highest BCUT2D eigenvalue weighted by molar-refractivity contribution is 5.77. The van der Waals surface area contributed by atoms with Gasteiger partial charge >= 0.3 is 6.03 Å². The van der Waals surface area contributed by atoms with Crippen LogP contribution >= 0.6 is 0 Å². The summed E-state index contributed by atoms with van der Waals surface area (Å²) in [4.78, 5) is 11.6. The second-order valence-electron chi connectivity index (χ2n) is 3.58. The molecule has 0 unspecified atom stereocenters. The summed E-state index contributed by atoms with van der Waals surface area (Å²) in [6.07, 6.45) is 6.09. The molecule has 5 heteroatoms. The minimum Gasteiger partial charge on any atom is -0.481 e. The van der Waals surface area contributed by atoms with Crippen molar-refractivity contribution >= 4 is 6.03 Å². The van der Waals surface area contributed by atoms with Crippen molar-refractivity contribution in [2.45, 2.75) is 32.6 Å². The zero-order valence-electron chi connectivity index (χ0n) is 9.90. The summed E-state index contributed by atoms with van der Waals surface area (Å²) in [5.41, 5.74) is 0. The van der Waals surface area contributed by atoms with Gasteiger partial charge in [-0.15, -0.1) is 4.68 Å². The number of nitrogens with one attached hydrogen (secondary N) is 1. The van der Waals surface area contributed by atoms with E-state index in [1.807, 2.05) is 0 Å². The van der Waals surface area contributed by atoms with Crippen LogP contribution in [0.4, 0.5) is 4.79 Å². The number of hydrogen-bond acceptors (Lipinski definition) is 3. The zero-order chi connectivity index (χ0) is 11.8. The van der Waals surface area contributed by atoms with Gasteiger partial charge in [-0.1, -0.05) is 26.2 Å². The Labute approximate surface area is 95.8 Å². The van der Waals surface area contributed by atoms with E-state index in [1.165, 1.54) is 30.8 Å². The number of unbranched alkanes of at least 4 members (excludes halogenated alkanes) is 3. The molecule has 5 nitrogen and oxygen atoms in total. The van der Waals surface area contributed by atoms with Gasteiger partial charge in [0.1, 0.15) is 0 Å². The van der Waals surface area contributed by atoms with Crippen LogP contribution in [0.3, 0.4) is 0 Å². The van der Waals surface area contributed by atoms with Gasteiger partial charge in [-0.05, 0) is 6.42 Å². The van der Waals surface area contributed by atoms with Crippen LogP contribution in [0.25, 0.3) is 0 Å². The second-order valence-corrected chi connectivity index (χ2v) is 3.58. The predicted molar refractivity (Wildman–Crippen MR) is 61.7 cm³/mol. The van der Waals surface area contributed by atoms with Crippen molar-refractivity contribution in [3.63, 3.8) is 0 Å². The standard InChI is InChI=1S/C11H19N3O2/c1-3-4-5-6-8-12-11(15)14-10(16-2)7-9-13-14/h7,9H,3-6,8H2,1-2H3,(H,12,15). The Morgan fingerprint density at radius 1 is 1.50 bits per heavy atom. The summed E-state index contributed by atoms with van der Waals surface area (Å²) >= 11 is 0. The Morgan fingerprint density at radius 2 is 2.31 bits per heavy atom. The van der Waals surface area contributed by atoms with Crippen molar-refractivity contribution < 1.29 is 9.53 Å². The molecule has 1 N–H and O–H groups in total. The minimum atomic E-state index is -0.238. The van der Waals surface area contributed by atoms with Crippen LogP contribution in [-0.2, 0) is 0 Å². The Balaban J connectivity index is 2.30. The molecule has 0 aromatic carbocycles. The number of hydrogen-bond donors (Lipinski definition) is 1. The summed E-state index contributed by atoms with van der Waals surface area (Å²) in [7, 11) is 1.52. The van der Waals surface area contributed by atoms with Gasteiger partial charge in [0.05, 0.1) is 13.3 Å². The molecule has 1 aromatic heterocycles. The maximum Gasteiger partial charge on any atom is 0.345 e. The van der Waals surface area contributed by atoms with Crippen molar-refractivity contribution in [3.8, 4) is 5.88 Å². The lowest BCUT2D eigenvalue weighted by atomic mass is 10.2. The SMILES string of the molecule is CCCCCCNC(=O)n1nccc1OC. The first-order chi connectivity index (χ1) is 7.79. The average molecular weight is 225 g/mol. The fourth-order valence-electron chi connectivity index (χ4n) is 1.42. The van der Waals surface area contributed by atoms with E-state index in [2.05, 4.69) is 17.3 Å². The third-order valence-electron chi connectivity index (χ3n) is 2.32. The Morgan fingerprint density at radius 3 is 3.00 bits per heavy atom. The monoisotopic (exact) mass is 225 g/mol. The molecule has 0 aliphatic rings. The lowest BCUT2D eigenvalue weighted by Gasteiger charge is -2.06. The minimum absolute atomic E-state index is 0.238. The average Bonchev–Trinajstić information content (AvgIpc) is 2.76. The highest BCUT2D eigenvalue weighted by atomic mass is 16.5. The molecule has 1 amide bonds. The van der Waals surface area contributed by atoms with Gasteiger partial charge in [-0.2, -0.15) is 5.10 Å². The topological polar surface area (TPSA) is 56.2 Å². The summed E-state index contributed by atoms with van der Waals surface area (Å²) in [5, 5.41) is 6.68. The van der Waals surface area contributed by atoms with Gasteiger partial charge in [0.25, 0.3) is 0 Å². The van der Waals surface area contributed by atoms with Crippen LogP contribution in [0.15, 0.2) is 12.3 Å². The van der Waals surface area contributed by atoms with E-state index in [4.69, 9.17) is 4.74 Å². The maximum atomic E-state index is 11.6. The fraction of sp³-hybridized carbons (Fsp3) is 0.636. The van der Waals surface area contributed by atoms with Crippen molar-refractivity contribution in [1.29, 1.82) is 0 Å². The first-order valence-electron chi connectivity index (χ1n) is 5.65. The van der Waals surface area contributed by atoms with Crippen LogP contribution < -0.4 is 10.1 Å². The third-order valence-corrected chi connectivity index (χ3v) is 2.32. The van der Waals surface area contributed by atoms with Crippen LogP contribution in [0.2, 0.25) is 0 Å². The number of carbonyl (C=O) groups excluding carboxylic acids is 1. The Kier molecular flexibility index (Phi) is 5.39. The number of ether oxygens (including phenoxy) is 1. The largest absolute Gasteiger partial charge is 0.481 e. The summed E-state index contributed by atoms with van der Waals surface area (Å²) in [5.74, 6) is 0.450. The summed E-state index contributed by atoms with van der Waals surface area (Å²) in [6, 6.07) is 1.41. The van der Waals surface area contributed by atoms with Gasteiger partial charge in [0.2, 0.25) is 5.88 Å². The molecule has 0 saturated carbocycles. The molecule has 1 rings (SSSR count). The Bertz CT molecular complexity index is 323. The number of methoxy groups -OCH3 is 1. The van der Waals surface area contributed by atoms with E-state index < -0.39 is 0 Å². The first kappa shape index (κ1) is 12.5. The van der Waals surface area contributed by atoms with Gasteiger partial charge in [-0.3, -0.25) is 0 Å². The van der Waals surface area contributed by atoms with E-state index in [9.17, 15) is 4.79 Å². The molecular formula is C11H19N3O2. The number of amides is 1. The number of rotatable bonds is 6. The molecule has 0 saturated heterocycles. The first-order valence-corrected chi connectivity index (χ1v) is 5.65. The molecule has 0 radical (unpaired) electrons. The van der Waals surface area contributed by atoms with E-state index in [0.717, 1.165) is 12.8 Å². The van der Waals surface area contributed by atoms with E-state index in [0.29, 0.717) is 12.4 Å². The predicted octanol–water partition coefficient (Wildman–Crippen LogP) is 2.03. The van der Waals surface area contributed by atoms with Gasteiger partial charge in [0, 0.05) is 12.6 Å². The lowest BCUT2D eigenvalue weighted by Crippen LogP contribution is -2.30. The quantitative estimate of drug-likeness (QED) is 0.754. The van der Waals surface area contributed by atoms with Crippen molar-refractivity contribution in [2.24, 2.45) is 0 Å². The van der Waals surface area contributed by atoms with Crippen LogP contribution in [0, 0.1) is 0 Å². The van der Waals surface area contributed by atoms with E-state index >= 15 is 0 Å². The van der Waals surface area contributed by atoms with Crippen molar-refractivity contribution in [3.05, 3.63) is 12.3 Å². The summed E-state index contributed by atoms with van der Waals surface area (Å²) in [6.45, 7) is 2.84. The second kappa shape index (κ2) is 6.87. The maximum absolute atomic E-state index is 11.6. The molecule has 1 heterocycles. The van der Waals surface area contributed by atoms with Gasteiger partial charge in [-0.25, -0.2) is 4.79 Å². The number of nitrogens with zero attached hydrogens (tertiary/aromatic N) is 2. The molecular weight excluding hydrogens is 206 g/mol. The van der Waals surface area contributed by atoms with Crippen LogP contribution in [-0.4, -0.2) is 29.5 Å². The Hall–Kier alpha value is -1.52. The molecule has 0 fully saturated rings. The normalized spacial score (nSPS) is 10.1. The zero-order valence-corrected chi connectivity index (χ0v) is 9.90. The van der Waals surface area contributed by atoms with Gasteiger partial charge in [0.15, 0.2) is 0 Å². The smallest absolute Gasteiger partial charge is 0.345 e. The summed E-state index contributed by atoms with van der Waals surface area (Å²) < 4.78 is 6.21. The molecule has 16 heavy (non-hydrogen) atoms. The van der Waals surface area contributed by atoms with Crippen molar-refractivity contribution in [2.75, 3.05) is 13.7 Å². The van der Waals surface area contributed by atoms with Crippen LogP contribution in [0.1, 0.15) is 32.6 Å². The lowest BCUT2D eigenvalue weighted by molar-refractivity contribution is 0.235. The molecule has 90 valence electrons. The molecule has 0 aliphatic carbocycles. The third kappa shape index (κ3) is 3.56. The number of aromatic nitrogens is 2. The molecule has 0 aliphatic heterocycles. The molecule has 0 spiro atoms. The fourth-order valence-corrected chi connectivity index (χ4v) is 1.42. The highest BCUT2D eigenvalue weighted by Gasteiger charge is 2.09. The van der Waals surface area contributed by atoms with E-state index in [1.54, 1.807) is 6.07 Å².